The number of hydrogen-bond donors (Lipinski definition) is 0. The smallest absolute Gasteiger partial charge is 0.316 e. The van der Waals surface area contributed by atoms with Crippen LogP contribution in [0.5, 0.6) is 0 Å². The highest BCUT2D eigenvalue weighted by atomic mass is 16.6. The molecule has 2 fully saturated rings. The molecular weight excluding hydrogens is 160 g/mol. The standard InChI is InChI=1S/C8H10O4/c1-7-3-5(9)12-8(7,2)4-11-6(7)10/h3-4H2,1-2H3/t7-,8+/m0/s1. The van der Waals surface area contributed by atoms with Crippen LogP contribution >= 0.6 is 0 Å². The minimum absolute atomic E-state index is 0.141. The molecule has 0 aromatic carbocycles. The number of cyclic esters (lactones) is 1. The van der Waals surface area contributed by atoms with E-state index >= 15 is 0 Å². The fourth-order valence-corrected chi connectivity index (χ4v) is 1.71. The van der Waals surface area contributed by atoms with Gasteiger partial charge in [-0.15, -0.1) is 0 Å². The van der Waals surface area contributed by atoms with E-state index in [9.17, 15) is 9.59 Å². The van der Waals surface area contributed by atoms with Gasteiger partial charge < -0.3 is 9.47 Å². The Morgan fingerprint density at radius 3 is 2.58 bits per heavy atom. The van der Waals surface area contributed by atoms with Crippen molar-refractivity contribution in [3.63, 3.8) is 0 Å². The molecule has 0 aromatic heterocycles. The molecule has 0 aromatic rings. The number of carbonyl (C=O) groups excluding carboxylic acids is 2. The summed E-state index contributed by atoms with van der Waals surface area (Å²) in [6, 6.07) is 0. The molecule has 0 radical (unpaired) electrons. The summed E-state index contributed by atoms with van der Waals surface area (Å²) in [4.78, 5) is 22.3. The van der Waals surface area contributed by atoms with Gasteiger partial charge in [-0.1, -0.05) is 0 Å². The second kappa shape index (κ2) is 1.81. The summed E-state index contributed by atoms with van der Waals surface area (Å²) in [5, 5.41) is 0. The maximum atomic E-state index is 11.3. The second-order valence-electron chi connectivity index (χ2n) is 3.79. The topological polar surface area (TPSA) is 52.6 Å². The van der Waals surface area contributed by atoms with Crippen LogP contribution in [-0.2, 0) is 19.1 Å². The quantitative estimate of drug-likeness (QED) is 0.489. The molecule has 0 amide bonds. The van der Waals surface area contributed by atoms with E-state index in [4.69, 9.17) is 9.47 Å². The van der Waals surface area contributed by atoms with Gasteiger partial charge in [0.1, 0.15) is 12.0 Å². The third kappa shape index (κ3) is 0.629. The van der Waals surface area contributed by atoms with Crippen molar-refractivity contribution < 1.29 is 19.1 Å². The summed E-state index contributed by atoms with van der Waals surface area (Å²) < 4.78 is 9.92. The lowest BCUT2D eigenvalue weighted by Crippen LogP contribution is -2.40. The van der Waals surface area contributed by atoms with Crippen LogP contribution in [0.2, 0.25) is 0 Å². The number of fused-ring (bicyclic) bond motifs is 1. The Balaban J connectivity index is 2.45. The molecule has 0 aliphatic carbocycles. The normalized spacial score (nSPS) is 45.5. The predicted molar refractivity (Wildman–Crippen MR) is 38.2 cm³/mol. The van der Waals surface area contributed by atoms with Crippen LogP contribution in [0.3, 0.4) is 0 Å². The first-order chi connectivity index (χ1) is 5.48. The van der Waals surface area contributed by atoms with Crippen LogP contribution in [0, 0.1) is 5.41 Å². The minimum atomic E-state index is -0.760. The van der Waals surface area contributed by atoms with E-state index in [1.54, 1.807) is 13.8 Å². The molecule has 0 spiro atoms. The van der Waals surface area contributed by atoms with Crippen LogP contribution in [0.25, 0.3) is 0 Å². The Morgan fingerprint density at radius 1 is 1.33 bits per heavy atom. The Hall–Kier alpha value is -1.06. The van der Waals surface area contributed by atoms with Crippen LogP contribution in [0.15, 0.2) is 0 Å². The van der Waals surface area contributed by atoms with E-state index in [2.05, 4.69) is 0 Å². The molecular formula is C8H10O4. The summed E-state index contributed by atoms with van der Waals surface area (Å²) in [6.45, 7) is 3.64. The molecule has 2 aliphatic rings. The largest absolute Gasteiger partial charge is 0.461 e. The second-order valence-corrected chi connectivity index (χ2v) is 3.79. The maximum Gasteiger partial charge on any atom is 0.316 e. The summed E-state index contributed by atoms with van der Waals surface area (Å²) in [6.07, 6.45) is 0.141. The Morgan fingerprint density at radius 2 is 2.00 bits per heavy atom. The van der Waals surface area contributed by atoms with Crippen molar-refractivity contribution in [3.05, 3.63) is 0 Å². The van der Waals surface area contributed by atoms with Crippen LogP contribution in [0.4, 0.5) is 0 Å². The molecule has 12 heavy (non-hydrogen) atoms. The third-order valence-corrected chi connectivity index (χ3v) is 2.93. The Bertz CT molecular complexity index is 272. The van der Waals surface area contributed by atoms with Crippen molar-refractivity contribution >= 4 is 11.9 Å². The fourth-order valence-electron chi connectivity index (χ4n) is 1.71. The van der Waals surface area contributed by atoms with E-state index < -0.39 is 11.0 Å². The van der Waals surface area contributed by atoms with Crippen molar-refractivity contribution in [3.8, 4) is 0 Å². The SMILES string of the molecule is C[C@@]12COC(=O)[C@]1(C)CC(=O)O2. The minimum Gasteiger partial charge on any atom is -0.461 e. The number of hydrogen-bond acceptors (Lipinski definition) is 4. The molecule has 4 heteroatoms. The van der Waals surface area contributed by atoms with Gasteiger partial charge in [-0.25, -0.2) is 0 Å². The third-order valence-electron chi connectivity index (χ3n) is 2.93. The lowest BCUT2D eigenvalue weighted by molar-refractivity contribution is -0.151. The zero-order valence-corrected chi connectivity index (χ0v) is 7.05. The van der Waals surface area contributed by atoms with Crippen LogP contribution in [-0.4, -0.2) is 24.1 Å². The predicted octanol–water partition coefficient (Wildman–Crippen LogP) is 0.255. The number of rotatable bonds is 0. The number of ether oxygens (including phenoxy) is 2. The Kier molecular flexibility index (Phi) is 1.14. The highest BCUT2D eigenvalue weighted by Crippen LogP contribution is 2.49. The van der Waals surface area contributed by atoms with Crippen molar-refractivity contribution in [2.45, 2.75) is 25.9 Å². The van der Waals surface area contributed by atoms with Gasteiger partial charge in [-0.3, -0.25) is 9.59 Å². The van der Waals surface area contributed by atoms with E-state index in [-0.39, 0.29) is 25.0 Å². The van der Waals surface area contributed by atoms with Gasteiger partial charge in [0.15, 0.2) is 5.60 Å². The van der Waals surface area contributed by atoms with E-state index in [0.29, 0.717) is 0 Å². The molecule has 0 bridgehead atoms. The van der Waals surface area contributed by atoms with Crippen molar-refractivity contribution in [1.82, 2.24) is 0 Å². The molecule has 2 saturated heterocycles. The van der Waals surface area contributed by atoms with Gasteiger partial charge >= 0.3 is 11.9 Å². The molecule has 4 nitrogen and oxygen atoms in total. The fraction of sp³-hybridized carbons (Fsp3) is 0.750. The number of esters is 2. The zero-order chi connectivity index (χ0) is 8.98. The lowest BCUT2D eigenvalue weighted by Gasteiger charge is -2.24. The highest BCUT2D eigenvalue weighted by molar-refractivity contribution is 5.89. The van der Waals surface area contributed by atoms with Crippen molar-refractivity contribution in [1.29, 1.82) is 0 Å². The molecule has 2 aliphatic heterocycles. The first-order valence-corrected chi connectivity index (χ1v) is 3.87. The van der Waals surface area contributed by atoms with Crippen molar-refractivity contribution in [2.24, 2.45) is 5.41 Å². The maximum absolute atomic E-state index is 11.3. The van der Waals surface area contributed by atoms with Gasteiger partial charge in [0, 0.05) is 0 Å². The first kappa shape index (κ1) is 7.58. The lowest BCUT2D eigenvalue weighted by atomic mass is 9.76. The summed E-state index contributed by atoms with van der Waals surface area (Å²) in [5.41, 5.74) is -1.49. The van der Waals surface area contributed by atoms with Gasteiger partial charge in [0.25, 0.3) is 0 Å². The average Bonchev–Trinajstić information content (AvgIpc) is 2.28. The van der Waals surface area contributed by atoms with E-state index in [1.165, 1.54) is 0 Å². The van der Waals surface area contributed by atoms with Gasteiger partial charge in [0.05, 0.1) is 6.42 Å². The van der Waals surface area contributed by atoms with E-state index in [1.807, 2.05) is 0 Å². The van der Waals surface area contributed by atoms with Crippen molar-refractivity contribution in [2.75, 3.05) is 6.61 Å². The molecule has 0 unspecified atom stereocenters. The summed E-state index contributed by atoms with van der Waals surface area (Å²) in [5.74, 6) is -0.632. The van der Waals surface area contributed by atoms with Gasteiger partial charge in [-0.2, -0.15) is 0 Å². The summed E-state index contributed by atoms with van der Waals surface area (Å²) in [7, 11) is 0. The molecule has 2 heterocycles. The first-order valence-electron chi connectivity index (χ1n) is 3.87. The van der Waals surface area contributed by atoms with Crippen LogP contribution in [0.1, 0.15) is 20.3 Å². The molecule has 0 saturated carbocycles. The molecule has 0 N–H and O–H groups in total. The van der Waals surface area contributed by atoms with Crippen LogP contribution < -0.4 is 0 Å². The molecule has 66 valence electrons. The Labute approximate surface area is 69.8 Å². The summed E-state index contributed by atoms with van der Waals surface area (Å²) >= 11 is 0. The zero-order valence-electron chi connectivity index (χ0n) is 7.05. The molecule has 2 rings (SSSR count). The van der Waals surface area contributed by atoms with E-state index in [0.717, 1.165) is 0 Å². The monoisotopic (exact) mass is 170 g/mol. The van der Waals surface area contributed by atoms with Gasteiger partial charge in [-0.05, 0) is 13.8 Å². The van der Waals surface area contributed by atoms with Gasteiger partial charge in [0.2, 0.25) is 0 Å². The highest BCUT2D eigenvalue weighted by Gasteiger charge is 2.65. The molecule has 2 atom stereocenters. The number of carbonyl (C=O) groups is 2. The average molecular weight is 170 g/mol.